The van der Waals surface area contributed by atoms with Gasteiger partial charge >= 0.3 is 0 Å². The Morgan fingerprint density at radius 1 is 0.750 bits per heavy atom. The van der Waals surface area contributed by atoms with Gasteiger partial charge < -0.3 is 15.5 Å². The van der Waals surface area contributed by atoms with Crippen LogP contribution in [-0.4, -0.2) is 49.9 Å². The van der Waals surface area contributed by atoms with Crippen LogP contribution in [0.5, 0.6) is 0 Å². The first-order chi connectivity index (χ1) is 11.7. The summed E-state index contributed by atoms with van der Waals surface area (Å²) in [5.74, 6) is -0.136. The fourth-order valence-corrected chi connectivity index (χ4v) is 2.22. The number of carbonyl (C=O) groups is 2. The minimum absolute atomic E-state index is 0.0682. The Balaban J connectivity index is 1.61. The zero-order valence-corrected chi connectivity index (χ0v) is 13.9. The smallest absolute Gasteiger partial charge is 0.251 e. The highest BCUT2D eigenvalue weighted by Crippen LogP contribution is 1.98. The van der Waals surface area contributed by atoms with E-state index in [4.69, 9.17) is 0 Å². The van der Waals surface area contributed by atoms with Crippen molar-refractivity contribution < 1.29 is 9.59 Å². The van der Waals surface area contributed by atoms with Gasteiger partial charge in [0.05, 0.1) is 0 Å². The van der Waals surface area contributed by atoms with E-state index in [0.29, 0.717) is 24.2 Å². The third kappa shape index (κ3) is 5.85. The molecule has 2 amide bonds. The summed E-state index contributed by atoms with van der Waals surface area (Å²) in [5.41, 5.74) is 1.32. The fraction of sp³-hybridized carbons (Fsp3) is 0.263. The van der Waals surface area contributed by atoms with Gasteiger partial charge in [0.15, 0.2) is 0 Å². The molecule has 126 valence electrons. The Labute approximate surface area is 142 Å². The first-order valence-corrected chi connectivity index (χ1v) is 8.02. The summed E-state index contributed by atoms with van der Waals surface area (Å²) < 4.78 is 0. The van der Waals surface area contributed by atoms with Gasteiger partial charge in [0.25, 0.3) is 11.8 Å². The van der Waals surface area contributed by atoms with Gasteiger partial charge in [0.2, 0.25) is 0 Å². The first-order valence-electron chi connectivity index (χ1n) is 8.02. The summed E-state index contributed by atoms with van der Waals surface area (Å²) in [4.78, 5) is 25.9. The van der Waals surface area contributed by atoms with Crippen LogP contribution in [0.1, 0.15) is 20.7 Å². The van der Waals surface area contributed by atoms with Crippen LogP contribution >= 0.6 is 0 Å². The summed E-state index contributed by atoms with van der Waals surface area (Å²) in [6.07, 6.45) is 0. The van der Waals surface area contributed by atoms with Crippen molar-refractivity contribution in [3.63, 3.8) is 0 Å². The average molecular weight is 325 g/mol. The molecule has 0 saturated heterocycles. The number of nitrogens with zero attached hydrogens (tertiary/aromatic N) is 1. The van der Waals surface area contributed by atoms with Crippen LogP contribution < -0.4 is 10.6 Å². The Morgan fingerprint density at radius 2 is 1.12 bits per heavy atom. The monoisotopic (exact) mass is 325 g/mol. The van der Waals surface area contributed by atoms with Gasteiger partial charge in [0, 0.05) is 37.3 Å². The topological polar surface area (TPSA) is 61.4 Å². The molecule has 2 rings (SSSR count). The van der Waals surface area contributed by atoms with Crippen molar-refractivity contribution in [2.24, 2.45) is 0 Å². The third-order valence-electron chi connectivity index (χ3n) is 3.63. The predicted molar refractivity (Wildman–Crippen MR) is 95.0 cm³/mol. The predicted octanol–water partition coefficient (Wildman–Crippen LogP) is 1.78. The molecule has 0 atom stereocenters. The molecule has 0 saturated carbocycles. The lowest BCUT2D eigenvalue weighted by Crippen LogP contribution is -2.37. The van der Waals surface area contributed by atoms with Crippen LogP contribution in [0.15, 0.2) is 60.7 Å². The minimum Gasteiger partial charge on any atom is -0.351 e. The first kappa shape index (κ1) is 17.7. The van der Waals surface area contributed by atoms with Crippen LogP contribution in [0.4, 0.5) is 0 Å². The average Bonchev–Trinajstić information content (AvgIpc) is 2.63. The van der Waals surface area contributed by atoms with Crippen LogP contribution in [0.2, 0.25) is 0 Å². The van der Waals surface area contributed by atoms with Crippen molar-refractivity contribution >= 4 is 11.8 Å². The number of carbonyl (C=O) groups excluding carboxylic acids is 2. The number of rotatable bonds is 8. The van der Waals surface area contributed by atoms with Gasteiger partial charge in [-0.15, -0.1) is 0 Å². The van der Waals surface area contributed by atoms with E-state index in [1.54, 1.807) is 24.3 Å². The largest absolute Gasteiger partial charge is 0.351 e. The SMILES string of the molecule is CN(CCNC(=O)c1ccccc1)CCNC(=O)c1ccccc1. The molecule has 5 nitrogen and oxygen atoms in total. The third-order valence-corrected chi connectivity index (χ3v) is 3.63. The molecule has 0 aliphatic heterocycles. The molecule has 0 spiro atoms. The van der Waals surface area contributed by atoms with Gasteiger partial charge in [-0.3, -0.25) is 9.59 Å². The number of likely N-dealkylation sites (N-methyl/N-ethyl adjacent to an activating group) is 1. The standard InChI is InChI=1S/C19H23N3O2/c1-22(14-12-20-18(23)16-8-4-2-5-9-16)15-13-21-19(24)17-10-6-3-7-11-17/h2-11H,12-15H2,1H3,(H,20,23)(H,21,24). The van der Waals surface area contributed by atoms with Gasteiger partial charge in [-0.2, -0.15) is 0 Å². The van der Waals surface area contributed by atoms with Crippen molar-refractivity contribution in [2.75, 3.05) is 33.2 Å². The van der Waals surface area contributed by atoms with Crippen molar-refractivity contribution in [3.05, 3.63) is 71.8 Å². The molecule has 0 aliphatic rings. The van der Waals surface area contributed by atoms with Crippen molar-refractivity contribution in [3.8, 4) is 0 Å². The molecule has 0 radical (unpaired) electrons. The Hall–Kier alpha value is -2.66. The van der Waals surface area contributed by atoms with Crippen LogP contribution in [0.25, 0.3) is 0 Å². The normalized spacial score (nSPS) is 10.4. The van der Waals surface area contributed by atoms with Gasteiger partial charge in [-0.05, 0) is 31.3 Å². The van der Waals surface area contributed by atoms with E-state index < -0.39 is 0 Å². The Bertz CT molecular complexity index is 587. The Morgan fingerprint density at radius 3 is 1.50 bits per heavy atom. The van der Waals surface area contributed by atoms with Gasteiger partial charge in [0.1, 0.15) is 0 Å². The van der Waals surface area contributed by atoms with Gasteiger partial charge in [-0.1, -0.05) is 36.4 Å². The summed E-state index contributed by atoms with van der Waals surface area (Å²) in [6.45, 7) is 2.58. The highest BCUT2D eigenvalue weighted by atomic mass is 16.2. The summed E-state index contributed by atoms with van der Waals surface area (Å²) in [5, 5.41) is 5.77. The summed E-state index contributed by atoms with van der Waals surface area (Å²) in [7, 11) is 1.96. The zero-order valence-electron chi connectivity index (χ0n) is 13.9. The van der Waals surface area contributed by atoms with Crippen molar-refractivity contribution in [2.45, 2.75) is 0 Å². The number of amides is 2. The molecule has 0 heterocycles. The van der Waals surface area contributed by atoms with Crippen LogP contribution in [0.3, 0.4) is 0 Å². The minimum atomic E-state index is -0.0682. The highest BCUT2D eigenvalue weighted by Gasteiger charge is 2.06. The Kier molecular flexibility index (Phi) is 6.98. The van der Waals surface area contributed by atoms with Crippen LogP contribution in [0, 0.1) is 0 Å². The summed E-state index contributed by atoms with van der Waals surface area (Å²) >= 11 is 0. The second-order valence-corrected chi connectivity index (χ2v) is 5.55. The molecule has 0 aromatic heterocycles. The van der Waals surface area contributed by atoms with E-state index in [0.717, 1.165) is 13.1 Å². The van der Waals surface area contributed by atoms with E-state index in [2.05, 4.69) is 15.5 Å². The van der Waals surface area contributed by atoms with Crippen molar-refractivity contribution in [1.82, 2.24) is 15.5 Å². The maximum absolute atomic E-state index is 11.9. The van der Waals surface area contributed by atoms with Crippen LogP contribution in [-0.2, 0) is 0 Å². The molecule has 24 heavy (non-hydrogen) atoms. The molecule has 0 bridgehead atoms. The molecule has 0 unspecified atom stereocenters. The molecule has 2 N–H and O–H groups in total. The summed E-state index contributed by atoms with van der Waals surface area (Å²) in [6, 6.07) is 18.3. The highest BCUT2D eigenvalue weighted by molar-refractivity contribution is 5.94. The second kappa shape index (κ2) is 9.47. The van der Waals surface area contributed by atoms with Crippen molar-refractivity contribution in [1.29, 1.82) is 0 Å². The van der Waals surface area contributed by atoms with E-state index in [9.17, 15) is 9.59 Å². The number of nitrogens with one attached hydrogen (secondary N) is 2. The van der Waals surface area contributed by atoms with E-state index in [1.807, 2.05) is 43.4 Å². The lowest BCUT2D eigenvalue weighted by molar-refractivity contribution is 0.0948. The second-order valence-electron chi connectivity index (χ2n) is 5.55. The molecular weight excluding hydrogens is 302 g/mol. The number of hydrogen-bond acceptors (Lipinski definition) is 3. The maximum Gasteiger partial charge on any atom is 0.251 e. The molecular formula is C19H23N3O2. The van der Waals surface area contributed by atoms with E-state index in [1.165, 1.54) is 0 Å². The number of benzene rings is 2. The van der Waals surface area contributed by atoms with E-state index >= 15 is 0 Å². The fourth-order valence-electron chi connectivity index (χ4n) is 2.22. The molecule has 5 heteroatoms. The lowest BCUT2D eigenvalue weighted by atomic mass is 10.2. The molecule has 0 fully saturated rings. The lowest BCUT2D eigenvalue weighted by Gasteiger charge is -2.17. The molecule has 2 aromatic carbocycles. The zero-order chi connectivity index (χ0) is 17.2. The molecule has 0 aliphatic carbocycles. The molecule has 2 aromatic rings. The van der Waals surface area contributed by atoms with E-state index in [-0.39, 0.29) is 11.8 Å². The number of hydrogen-bond donors (Lipinski definition) is 2. The van der Waals surface area contributed by atoms with Gasteiger partial charge in [-0.25, -0.2) is 0 Å². The maximum atomic E-state index is 11.9. The quantitative estimate of drug-likeness (QED) is 0.778.